The molecule has 0 spiro atoms. The molecule has 24 heavy (non-hydrogen) atoms. The van der Waals surface area contributed by atoms with Gasteiger partial charge in [-0.2, -0.15) is 0 Å². The molecule has 1 aromatic rings. The Bertz CT molecular complexity index is 551. The van der Waals surface area contributed by atoms with E-state index in [1.54, 1.807) is 16.7 Å². The fourth-order valence-corrected chi connectivity index (χ4v) is 2.51. The summed E-state index contributed by atoms with van der Waals surface area (Å²) in [6.45, 7) is 4.69. The monoisotopic (exact) mass is 334 g/mol. The number of rotatable bonds is 4. The van der Waals surface area contributed by atoms with Gasteiger partial charge >= 0.3 is 12.1 Å². The van der Waals surface area contributed by atoms with Crippen LogP contribution in [0, 0.1) is 0 Å². The maximum absolute atomic E-state index is 12.2. The van der Waals surface area contributed by atoms with E-state index in [0.29, 0.717) is 39.3 Å². The van der Waals surface area contributed by atoms with Crippen LogP contribution in [0.15, 0.2) is 24.3 Å². The summed E-state index contributed by atoms with van der Waals surface area (Å²) in [7, 11) is 3.99. The second kappa shape index (κ2) is 8.42. The summed E-state index contributed by atoms with van der Waals surface area (Å²) in [5.41, 5.74) is 2.18. The number of amides is 3. The van der Waals surface area contributed by atoms with Gasteiger partial charge in [-0.15, -0.1) is 0 Å². The highest BCUT2D eigenvalue weighted by Gasteiger charge is 2.24. The smallest absolute Gasteiger partial charge is 0.409 e. The highest BCUT2D eigenvalue weighted by Crippen LogP contribution is 2.12. The Morgan fingerprint density at radius 1 is 1.08 bits per heavy atom. The minimum Gasteiger partial charge on any atom is -0.450 e. The van der Waals surface area contributed by atoms with Crippen molar-refractivity contribution in [3.63, 3.8) is 0 Å². The van der Waals surface area contributed by atoms with Gasteiger partial charge in [-0.1, -0.05) is 12.1 Å². The largest absolute Gasteiger partial charge is 0.450 e. The highest BCUT2D eigenvalue weighted by atomic mass is 16.6. The van der Waals surface area contributed by atoms with Gasteiger partial charge in [0.15, 0.2) is 0 Å². The van der Waals surface area contributed by atoms with Gasteiger partial charge in [0.25, 0.3) is 0 Å². The van der Waals surface area contributed by atoms with Crippen molar-refractivity contribution < 1.29 is 14.3 Å². The van der Waals surface area contributed by atoms with E-state index in [1.165, 1.54) is 0 Å². The Balaban J connectivity index is 1.76. The number of carbonyl (C=O) groups is 2. The van der Waals surface area contributed by atoms with Crippen LogP contribution in [0.1, 0.15) is 12.5 Å². The SMILES string of the molecule is CCOC(=O)N1CCN(C(=O)NCc2ccc(N(C)C)cc2)CC1. The zero-order valence-corrected chi connectivity index (χ0v) is 14.6. The predicted molar refractivity (Wildman–Crippen MR) is 93.2 cm³/mol. The molecular formula is C17H26N4O3. The Hall–Kier alpha value is -2.44. The second-order valence-electron chi connectivity index (χ2n) is 5.89. The lowest BCUT2D eigenvalue weighted by Gasteiger charge is -2.34. The third-order valence-corrected chi connectivity index (χ3v) is 3.99. The van der Waals surface area contributed by atoms with Crippen LogP contribution < -0.4 is 10.2 Å². The molecule has 0 bridgehead atoms. The molecule has 0 radical (unpaired) electrons. The summed E-state index contributed by atoms with van der Waals surface area (Å²) in [5, 5.41) is 2.93. The maximum atomic E-state index is 12.2. The third-order valence-electron chi connectivity index (χ3n) is 3.99. The molecular weight excluding hydrogens is 308 g/mol. The zero-order chi connectivity index (χ0) is 17.5. The molecule has 1 aliphatic heterocycles. The summed E-state index contributed by atoms with van der Waals surface area (Å²) in [6, 6.07) is 7.97. The summed E-state index contributed by atoms with van der Waals surface area (Å²) < 4.78 is 4.97. The van der Waals surface area contributed by atoms with Crippen LogP contribution in [0.3, 0.4) is 0 Å². The van der Waals surface area contributed by atoms with Crippen molar-refractivity contribution in [3.05, 3.63) is 29.8 Å². The van der Waals surface area contributed by atoms with Gasteiger partial charge in [0, 0.05) is 52.5 Å². The van der Waals surface area contributed by atoms with Crippen LogP contribution in [-0.2, 0) is 11.3 Å². The highest BCUT2D eigenvalue weighted by molar-refractivity contribution is 5.75. The van der Waals surface area contributed by atoms with Crippen molar-refractivity contribution in [2.45, 2.75) is 13.5 Å². The molecule has 0 saturated carbocycles. The molecule has 7 nitrogen and oxygen atoms in total. The van der Waals surface area contributed by atoms with E-state index in [4.69, 9.17) is 4.74 Å². The molecule has 1 saturated heterocycles. The average molecular weight is 334 g/mol. The molecule has 1 N–H and O–H groups in total. The Morgan fingerprint density at radius 3 is 2.21 bits per heavy atom. The molecule has 0 atom stereocenters. The molecule has 132 valence electrons. The first-order valence-electron chi connectivity index (χ1n) is 8.22. The number of anilines is 1. The lowest BCUT2D eigenvalue weighted by atomic mass is 10.2. The van der Waals surface area contributed by atoms with Crippen LogP contribution in [0.5, 0.6) is 0 Å². The van der Waals surface area contributed by atoms with Gasteiger partial charge in [-0.25, -0.2) is 9.59 Å². The molecule has 1 aromatic carbocycles. The summed E-state index contributed by atoms with van der Waals surface area (Å²) in [4.78, 5) is 29.3. The number of nitrogens with one attached hydrogen (secondary N) is 1. The molecule has 2 rings (SSSR count). The zero-order valence-electron chi connectivity index (χ0n) is 14.6. The normalized spacial score (nSPS) is 14.3. The number of hydrogen-bond acceptors (Lipinski definition) is 4. The molecule has 0 aliphatic carbocycles. The van der Waals surface area contributed by atoms with Crippen molar-refractivity contribution >= 4 is 17.8 Å². The fraction of sp³-hybridized carbons (Fsp3) is 0.529. The Morgan fingerprint density at radius 2 is 1.67 bits per heavy atom. The first kappa shape index (κ1) is 17.9. The molecule has 0 unspecified atom stereocenters. The third kappa shape index (κ3) is 4.78. The number of urea groups is 1. The van der Waals surface area contributed by atoms with Crippen LogP contribution in [-0.4, -0.2) is 68.8 Å². The lowest BCUT2D eigenvalue weighted by molar-refractivity contribution is 0.0851. The molecule has 0 aromatic heterocycles. The van der Waals surface area contributed by atoms with E-state index in [9.17, 15) is 9.59 Å². The average Bonchev–Trinajstić information content (AvgIpc) is 2.60. The van der Waals surface area contributed by atoms with Crippen LogP contribution in [0.4, 0.5) is 15.3 Å². The van der Waals surface area contributed by atoms with Gasteiger partial charge in [-0.05, 0) is 24.6 Å². The van der Waals surface area contributed by atoms with E-state index < -0.39 is 0 Å². The molecule has 7 heteroatoms. The van der Waals surface area contributed by atoms with Gasteiger partial charge in [0.2, 0.25) is 0 Å². The number of benzene rings is 1. The minimum absolute atomic E-state index is 0.102. The van der Waals surface area contributed by atoms with Gasteiger partial charge < -0.3 is 24.8 Å². The summed E-state index contributed by atoms with van der Waals surface area (Å²) in [6.07, 6.45) is -0.307. The Labute approximate surface area is 143 Å². The lowest BCUT2D eigenvalue weighted by Crippen LogP contribution is -2.53. The first-order chi connectivity index (χ1) is 11.5. The van der Waals surface area contributed by atoms with Crippen molar-refractivity contribution in [3.8, 4) is 0 Å². The number of ether oxygens (including phenoxy) is 1. The van der Waals surface area contributed by atoms with Crippen LogP contribution >= 0.6 is 0 Å². The summed E-state index contributed by atoms with van der Waals surface area (Å²) >= 11 is 0. The van der Waals surface area contributed by atoms with Crippen molar-refractivity contribution in [2.75, 3.05) is 51.8 Å². The minimum atomic E-state index is -0.307. The second-order valence-corrected chi connectivity index (χ2v) is 5.89. The van der Waals surface area contributed by atoms with Crippen molar-refractivity contribution in [1.29, 1.82) is 0 Å². The maximum Gasteiger partial charge on any atom is 0.409 e. The molecule has 1 aliphatic rings. The van der Waals surface area contributed by atoms with Gasteiger partial charge in [0.05, 0.1) is 6.61 Å². The number of nitrogens with zero attached hydrogens (tertiary/aromatic N) is 3. The predicted octanol–water partition coefficient (Wildman–Crippen LogP) is 1.74. The fourth-order valence-electron chi connectivity index (χ4n) is 2.51. The molecule has 1 fully saturated rings. The van der Waals surface area contributed by atoms with E-state index in [-0.39, 0.29) is 12.1 Å². The number of piperazine rings is 1. The van der Waals surface area contributed by atoms with Gasteiger partial charge in [-0.3, -0.25) is 0 Å². The van der Waals surface area contributed by atoms with Crippen LogP contribution in [0.25, 0.3) is 0 Å². The topological polar surface area (TPSA) is 65.1 Å². The Kier molecular flexibility index (Phi) is 6.28. The van der Waals surface area contributed by atoms with E-state index in [0.717, 1.165) is 11.3 Å². The first-order valence-corrected chi connectivity index (χ1v) is 8.22. The quantitative estimate of drug-likeness (QED) is 0.911. The van der Waals surface area contributed by atoms with E-state index in [1.807, 2.05) is 43.3 Å². The summed E-state index contributed by atoms with van der Waals surface area (Å²) in [5.74, 6) is 0. The van der Waals surface area contributed by atoms with E-state index in [2.05, 4.69) is 5.32 Å². The van der Waals surface area contributed by atoms with Crippen molar-refractivity contribution in [2.24, 2.45) is 0 Å². The standard InChI is InChI=1S/C17H26N4O3/c1-4-24-17(23)21-11-9-20(10-12-21)16(22)18-13-14-5-7-15(8-6-14)19(2)3/h5-8H,4,9-13H2,1-3H3,(H,18,22). The van der Waals surface area contributed by atoms with Crippen molar-refractivity contribution in [1.82, 2.24) is 15.1 Å². The number of hydrogen-bond donors (Lipinski definition) is 1. The van der Waals surface area contributed by atoms with Crippen LogP contribution in [0.2, 0.25) is 0 Å². The number of carbonyl (C=O) groups excluding carboxylic acids is 2. The van der Waals surface area contributed by atoms with Gasteiger partial charge in [0.1, 0.15) is 0 Å². The molecule has 3 amide bonds. The molecule has 1 heterocycles. The van der Waals surface area contributed by atoms with E-state index >= 15 is 0 Å².